The Kier molecular flexibility index (Phi) is 3.83. The van der Waals surface area contributed by atoms with Gasteiger partial charge in [0.2, 0.25) is 0 Å². The highest BCUT2D eigenvalue weighted by molar-refractivity contribution is 7.92. The molecule has 0 radical (unpaired) electrons. The minimum Gasteiger partial charge on any atom is -0.279 e. The van der Waals surface area contributed by atoms with Gasteiger partial charge in [-0.3, -0.25) is 4.72 Å². The first kappa shape index (κ1) is 13.9. The average Bonchev–Trinajstić information content (AvgIpc) is 2.33. The summed E-state index contributed by atoms with van der Waals surface area (Å²) in [4.78, 5) is 0.282. The van der Waals surface area contributed by atoms with E-state index in [1.165, 1.54) is 0 Å². The maximum atomic E-state index is 12.3. The lowest BCUT2D eigenvalue weighted by Crippen LogP contribution is -2.14. The van der Waals surface area contributed by atoms with Crippen LogP contribution in [0.2, 0.25) is 5.02 Å². The maximum absolute atomic E-state index is 12.3. The molecule has 2 aromatic rings. The first-order valence-electron chi connectivity index (χ1n) is 5.75. The standard InChI is InChI=1S/C14H14ClNO2S/c1-10-5-3-4-6-14(10)19(17,18)16-13-8-7-12(15)9-11(13)2/h3-9,16H,1-2H3. The summed E-state index contributed by atoms with van der Waals surface area (Å²) in [6.45, 7) is 3.57. The molecule has 0 aliphatic rings. The van der Waals surface area contributed by atoms with Crippen molar-refractivity contribution in [3.05, 3.63) is 58.6 Å². The number of hydrogen-bond donors (Lipinski definition) is 1. The van der Waals surface area contributed by atoms with Crippen LogP contribution >= 0.6 is 11.6 Å². The third-order valence-electron chi connectivity index (χ3n) is 2.82. The van der Waals surface area contributed by atoms with Crippen molar-refractivity contribution in [2.24, 2.45) is 0 Å². The van der Waals surface area contributed by atoms with Gasteiger partial charge in [0.25, 0.3) is 10.0 Å². The largest absolute Gasteiger partial charge is 0.279 e. The Hall–Kier alpha value is -1.52. The van der Waals surface area contributed by atoms with Crippen LogP contribution < -0.4 is 4.72 Å². The molecule has 0 aliphatic carbocycles. The van der Waals surface area contributed by atoms with Gasteiger partial charge < -0.3 is 0 Å². The van der Waals surface area contributed by atoms with Crippen molar-refractivity contribution in [1.29, 1.82) is 0 Å². The number of hydrogen-bond acceptors (Lipinski definition) is 2. The van der Waals surface area contributed by atoms with E-state index in [1.807, 2.05) is 13.0 Å². The van der Waals surface area contributed by atoms with Crippen LogP contribution in [0.4, 0.5) is 5.69 Å². The third-order valence-corrected chi connectivity index (χ3v) is 4.58. The lowest BCUT2D eigenvalue weighted by atomic mass is 10.2. The van der Waals surface area contributed by atoms with Crippen LogP contribution in [0.3, 0.4) is 0 Å². The molecule has 5 heteroatoms. The van der Waals surface area contributed by atoms with E-state index >= 15 is 0 Å². The summed E-state index contributed by atoms with van der Waals surface area (Å²) in [5.41, 5.74) is 2.03. The molecule has 0 saturated heterocycles. The highest BCUT2D eigenvalue weighted by atomic mass is 35.5. The Labute approximate surface area is 118 Å². The fourth-order valence-electron chi connectivity index (χ4n) is 1.80. The molecule has 0 aliphatic heterocycles. The SMILES string of the molecule is Cc1cc(Cl)ccc1NS(=O)(=O)c1ccccc1C. The molecule has 0 unspecified atom stereocenters. The molecule has 0 atom stereocenters. The summed E-state index contributed by atoms with van der Waals surface area (Å²) in [6.07, 6.45) is 0. The highest BCUT2D eigenvalue weighted by Gasteiger charge is 2.17. The van der Waals surface area contributed by atoms with Crippen molar-refractivity contribution >= 4 is 27.3 Å². The summed E-state index contributed by atoms with van der Waals surface area (Å²) in [7, 11) is -3.57. The van der Waals surface area contributed by atoms with Gasteiger partial charge in [-0.05, 0) is 49.2 Å². The number of aryl methyl sites for hydroxylation is 2. The molecular formula is C14H14ClNO2S. The van der Waals surface area contributed by atoms with Gasteiger partial charge in [-0.1, -0.05) is 29.8 Å². The van der Waals surface area contributed by atoms with Gasteiger partial charge in [0.05, 0.1) is 10.6 Å². The van der Waals surface area contributed by atoms with E-state index in [9.17, 15) is 8.42 Å². The van der Waals surface area contributed by atoms with E-state index in [2.05, 4.69) is 4.72 Å². The van der Waals surface area contributed by atoms with E-state index in [1.54, 1.807) is 43.3 Å². The molecule has 2 rings (SSSR count). The van der Waals surface area contributed by atoms with Crippen LogP contribution in [0.5, 0.6) is 0 Å². The minimum absolute atomic E-state index is 0.282. The zero-order valence-corrected chi connectivity index (χ0v) is 12.2. The summed E-state index contributed by atoms with van der Waals surface area (Å²) in [5, 5.41) is 0.580. The molecule has 3 nitrogen and oxygen atoms in total. The highest BCUT2D eigenvalue weighted by Crippen LogP contribution is 2.23. The second-order valence-electron chi connectivity index (χ2n) is 4.33. The second kappa shape index (κ2) is 5.23. The topological polar surface area (TPSA) is 46.2 Å². The lowest BCUT2D eigenvalue weighted by molar-refractivity contribution is 0.600. The number of anilines is 1. The first-order chi connectivity index (χ1) is 8.90. The maximum Gasteiger partial charge on any atom is 0.262 e. The fraction of sp³-hybridized carbons (Fsp3) is 0.143. The van der Waals surface area contributed by atoms with Gasteiger partial charge in [-0.25, -0.2) is 8.42 Å². The summed E-state index contributed by atoms with van der Waals surface area (Å²) < 4.78 is 27.2. The number of sulfonamides is 1. The lowest BCUT2D eigenvalue weighted by Gasteiger charge is -2.12. The number of rotatable bonds is 3. The summed E-state index contributed by atoms with van der Waals surface area (Å²) >= 11 is 5.85. The average molecular weight is 296 g/mol. The van der Waals surface area contributed by atoms with E-state index < -0.39 is 10.0 Å². The van der Waals surface area contributed by atoms with Crippen molar-refractivity contribution in [3.63, 3.8) is 0 Å². The molecular weight excluding hydrogens is 282 g/mol. The molecule has 0 fully saturated rings. The Morgan fingerprint density at radius 1 is 1.00 bits per heavy atom. The van der Waals surface area contributed by atoms with Crippen LogP contribution in [0.1, 0.15) is 11.1 Å². The Morgan fingerprint density at radius 2 is 1.68 bits per heavy atom. The van der Waals surface area contributed by atoms with Crippen molar-refractivity contribution in [2.75, 3.05) is 4.72 Å². The first-order valence-corrected chi connectivity index (χ1v) is 7.61. The van der Waals surface area contributed by atoms with Gasteiger partial charge in [0.1, 0.15) is 0 Å². The van der Waals surface area contributed by atoms with Gasteiger partial charge >= 0.3 is 0 Å². The zero-order valence-electron chi connectivity index (χ0n) is 10.6. The molecule has 0 aromatic heterocycles. The molecule has 0 amide bonds. The Balaban J connectivity index is 2.40. The van der Waals surface area contributed by atoms with Crippen molar-refractivity contribution in [3.8, 4) is 0 Å². The van der Waals surface area contributed by atoms with E-state index in [0.29, 0.717) is 16.3 Å². The van der Waals surface area contributed by atoms with Crippen LogP contribution in [-0.4, -0.2) is 8.42 Å². The fourth-order valence-corrected chi connectivity index (χ4v) is 3.40. The Bertz CT molecular complexity index is 711. The van der Waals surface area contributed by atoms with Crippen molar-refractivity contribution < 1.29 is 8.42 Å². The van der Waals surface area contributed by atoms with Gasteiger partial charge in [-0.15, -0.1) is 0 Å². The molecule has 0 spiro atoms. The van der Waals surface area contributed by atoms with Gasteiger partial charge in [-0.2, -0.15) is 0 Å². The van der Waals surface area contributed by atoms with Crippen LogP contribution in [0.15, 0.2) is 47.4 Å². The smallest absolute Gasteiger partial charge is 0.262 e. The Morgan fingerprint density at radius 3 is 2.32 bits per heavy atom. The van der Waals surface area contributed by atoms with Gasteiger partial charge in [0.15, 0.2) is 0 Å². The van der Waals surface area contributed by atoms with E-state index in [-0.39, 0.29) is 4.90 Å². The number of benzene rings is 2. The second-order valence-corrected chi connectivity index (χ2v) is 6.42. The molecule has 0 saturated carbocycles. The van der Waals surface area contributed by atoms with Crippen LogP contribution in [0, 0.1) is 13.8 Å². The number of nitrogens with one attached hydrogen (secondary N) is 1. The molecule has 100 valence electrons. The predicted octanol–water partition coefficient (Wildman–Crippen LogP) is 3.76. The molecule has 2 aromatic carbocycles. The zero-order chi connectivity index (χ0) is 14.0. The van der Waals surface area contributed by atoms with Crippen molar-refractivity contribution in [2.45, 2.75) is 18.7 Å². The number of halogens is 1. The third kappa shape index (κ3) is 3.08. The quantitative estimate of drug-likeness (QED) is 0.937. The monoisotopic (exact) mass is 295 g/mol. The summed E-state index contributed by atoms with van der Waals surface area (Å²) in [6, 6.07) is 11.9. The van der Waals surface area contributed by atoms with E-state index in [4.69, 9.17) is 11.6 Å². The predicted molar refractivity (Wildman–Crippen MR) is 78.2 cm³/mol. The minimum atomic E-state index is -3.57. The van der Waals surface area contributed by atoms with Crippen molar-refractivity contribution in [1.82, 2.24) is 0 Å². The molecule has 0 bridgehead atoms. The van der Waals surface area contributed by atoms with Gasteiger partial charge in [0, 0.05) is 5.02 Å². The summed E-state index contributed by atoms with van der Waals surface area (Å²) in [5.74, 6) is 0. The van der Waals surface area contributed by atoms with E-state index in [0.717, 1.165) is 5.56 Å². The molecule has 1 N–H and O–H groups in total. The van der Waals surface area contributed by atoms with Crippen LogP contribution in [0.25, 0.3) is 0 Å². The normalized spacial score (nSPS) is 11.3. The molecule has 19 heavy (non-hydrogen) atoms. The van der Waals surface area contributed by atoms with Crippen LogP contribution in [-0.2, 0) is 10.0 Å². The molecule has 0 heterocycles.